The molecule has 0 aliphatic heterocycles. The number of nitrogens with zero attached hydrogens (tertiary/aromatic N) is 3. The molecular formula is C25H30N4O2S. The number of nitrogens with one attached hydrogen (secondary N) is 1. The second kappa shape index (κ2) is 10.7. The van der Waals surface area contributed by atoms with Gasteiger partial charge in [0.05, 0.1) is 18.4 Å². The number of hydrogen-bond donors (Lipinski definition) is 1. The molecule has 1 saturated carbocycles. The Labute approximate surface area is 193 Å². The quantitative estimate of drug-likeness (QED) is 0.487. The van der Waals surface area contributed by atoms with E-state index in [2.05, 4.69) is 34.6 Å². The Hall–Kier alpha value is -2.80. The monoisotopic (exact) mass is 450 g/mol. The summed E-state index contributed by atoms with van der Waals surface area (Å²) in [4.78, 5) is 12.5. The van der Waals surface area contributed by atoms with Crippen LogP contribution in [0.1, 0.15) is 37.7 Å². The van der Waals surface area contributed by atoms with Crippen molar-refractivity contribution >= 4 is 17.7 Å². The second-order valence-electron chi connectivity index (χ2n) is 8.27. The molecule has 4 rings (SSSR count). The fourth-order valence-electron chi connectivity index (χ4n) is 4.12. The molecule has 32 heavy (non-hydrogen) atoms. The van der Waals surface area contributed by atoms with Crippen LogP contribution in [0.4, 0.5) is 0 Å². The Morgan fingerprint density at radius 3 is 2.59 bits per heavy atom. The summed E-state index contributed by atoms with van der Waals surface area (Å²) in [5.74, 6) is 2.39. The van der Waals surface area contributed by atoms with Crippen LogP contribution in [0.3, 0.4) is 0 Å². The lowest BCUT2D eigenvalue weighted by atomic mass is 9.89. The molecule has 0 radical (unpaired) electrons. The van der Waals surface area contributed by atoms with Crippen LogP contribution in [0.25, 0.3) is 17.1 Å². The summed E-state index contributed by atoms with van der Waals surface area (Å²) in [6.07, 6.45) is 6.32. The van der Waals surface area contributed by atoms with Crippen molar-refractivity contribution in [2.45, 2.75) is 44.2 Å². The molecule has 0 saturated heterocycles. The van der Waals surface area contributed by atoms with Gasteiger partial charge in [-0.2, -0.15) is 0 Å². The van der Waals surface area contributed by atoms with Gasteiger partial charge in [-0.25, -0.2) is 0 Å². The number of para-hydroxylation sites is 1. The first-order valence-electron chi connectivity index (χ1n) is 11.2. The third kappa shape index (κ3) is 5.33. The van der Waals surface area contributed by atoms with Crippen molar-refractivity contribution in [1.82, 2.24) is 20.1 Å². The minimum Gasteiger partial charge on any atom is -0.496 e. The van der Waals surface area contributed by atoms with Gasteiger partial charge in [0, 0.05) is 12.2 Å². The number of ether oxygens (including phenoxy) is 1. The number of hydrogen-bond acceptors (Lipinski definition) is 5. The molecule has 1 N–H and O–H groups in total. The van der Waals surface area contributed by atoms with Gasteiger partial charge >= 0.3 is 0 Å². The molecule has 0 atom stereocenters. The summed E-state index contributed by atoms with van der Waals surface area (Å²) in [6.45, 7) is 2.83. The van der Waals surface area contributed by atoms with Crippen molar-refractivity contribution in [3.05, 3.63) is 54.1 Å². The van der Waals surface area contributed by atoms with E-state index in [1.165, 1.54) is 49.4 Å². The van der Waals surface area contributed by atoms with Gasteiger partial charge in [-0.15, -0.1) is 10.2 Å². The van der Waals surface area contributed by atoms with Crippen molar-refractivity contribution in [3.8, 4) is 22.8 Å². The topological polar surface area (TPSA) is 69.0 Å². The van der Waals surface area contributed by atoms with Crippen LogP contribution in [-0.2, 0) is 4.79 Å². The van der Waals surface area contributed by atoms with Crippen molar-refractivity contribution < 1.29 is 9.53 Å². The molecule has 1 aliphatic rings. The number of thioether (sulfide) groups is 1. The zero-order chi connectivity index (χ0) is 22.3. The molecule has 3 aromatic rings. The van der Waals surface area contributed by atoms with Crippen LogP contribution >= 0.6 is 11.8 Å². The molecular weight excluding hydrogens is 420 g/mol. The van der Waals surface area contributed by atoms with Crippen molar-refractivity contribution in [1.29, 1.82) is 0 Å². The third-order valence-electron chi connectivity index (χ3n) is 5.92. The number of carbonyl (C=O) groups is 1. The number of aryl methyl sites for hydroxylation is 1. The smallest absolute Gasteiger partial charge is 0.230 e. The molecule has 0 unspecified atom stereocenters. The molecule has 1 aromatic heterocycles. The highest BCUT2D eigenvalue weighted by Gasteiger charge is 2.20. The minimum atomic E-state index is 0.0397. The van der Waals surface area contributed by atoms with Crippen molar-refractivity contribution in [2.75, 3.05) is 19.4 Å². The third-order valence-corrected chi connectivity index (χ3v) is 6.85. The SMILES string of the molecule is COc1ccccc1-c1nnc(SCC(=O)NCC2CCCCC2)n1-c1ccc(C)cc1. The summed E-state index contributed by atoms with van der Waals surface area (Å²) in [6, 6.07) is 16.0. The number of aromatic nitrogens is 3. The Kier molecular flexibility index (Phi) is 7.47. The molecule has 1 aliphatic carbocycles. The molecule has 2 aromatic carbocycles. The Balaban J connectivity index is 1.54. The molecule has 0 spiro atoms. The second-order valence-corrected chi connectivity index (χ2v) is 9.22. The molecule has 1 amide bonds. The molecule has 6 nitrogen and oxygen atoms in total. The van der Waals surface area contributed by atoms with E-state index in [1.54, 1.807) is 7.11 Å². The van der Waals surface area contributed by atoms with Crippen molar-refractivity contribution in [3.63, 3.8) is 0 Å². The molecule has 1 fully saturated rings. The fourth-order valence-corrected chi connectivity index (χ4v) is 4.91. The summed E-state index contributed by atoms with van der Waals surface area (Å²) in [7, 11) is 1.65. The van der Waals surface area contributed by atoms with E-state index in [1.807, 2.05) is 41.0 Å². The highest BCUT2D eigenvalue weighted by molar-refractivity contribution is 7.99. The molecule has 168 valence electrons. The molecule has 0 bridgehead atoms. The molecule has 1 heterocycles. The van der Waals surface area contributed by atoms with E-state index in [9.17, 15) is 4.79 Å². The van der Waals surface area contributed by atoms with Crippen LogP contribution in [0.2, 0.25) is 0 Å². The van der Waals surface area contributed by atoms with Gasteiger partial charge in [0.2, 0.25) is 5.91 Å². The lowest BCUT2D eigenvalue weighted by Crippen LogP contribution is -2.31. The lowest BCUT2D eigenvalue weighted by molar-refractivity contribution is -0.118. The maximum atomic E-state index is 12.5. The maximum Gasteiger partial charge on any atom is 0.230 e. The van der Waals surface area contributed by atoms with E-state index >= 15 is 0 Å². The van der Waals surface area contributed by atoms with Crippen LogP contribution in [0.5, 0.6) is 5.75 Å². The van der Waals surface area contributed by atoms with Crippen LogP contribution < -0.4 is 10.1 Å². The van der Waals surface area contributed by atoms with Gasteiger partial charge in [-0.05, 0) is 49.9 Å². The zero-order valence-corrected chi connectivity index (χ0v) is 19.5. The standard InChI is InChI=1S/C25H30N4O2S/c1-18-12-14-20(15-13-18)29-24(21-10-6-7-11-22(21)31-2)27-28-25(29)32-17-23(30)26-16-19-8-4-3-5-9-19/h6-7,10-15,19H,3-5,8-9,16-17H2,1-2H3,(H,26,30). The van der Waals surface area contributed by atoms with Gasteiger partial charge in [-0.1, -0.05) is 60.9 Å². The van der Waals surface area contributed by atoms with Gasteiger partial charge in [0.25, 0.3) is 0 Å². The number of rotatable bonds is 8. The van der Waals surface area contributed by atoms with Crippen LogP contribution in [0, 0.1) is 12.8 Å². The summed E-state index contributed by atoms with van der Waals surface area (Å²) < 4.78 is 7.55. The lowest BCUT2D eigenvalue weighted by Gasteiger charge is -2.21. The van der Waals surface area contributed by atoms with Crippen LogP contribution in [0.15, 0.2) is 53.7 Å². The number of methoxy groups -OCH3 is 1. The fraction of sp³-hybridized carbons (Fsp3) is 0.400. The average molecular weight is 451 g/mol. The highest BCUT2D eigenvalue weighted by Crippen LogP contribution is 2.33. The van der Waals surface area contributed by atoms with Gasteiger partial charge in [0.15, 0.2) is 11.0 Å². The largest absolute Gasteiger partial charge is 0.496 e. The van der Waals surface area contributed by atoms with Gasteiger partial charge in [0.1, 0.15) is 5.75 Å². The normalized spacial score (nSPS) is 14.3. The highest BCUT2D eigenvalue weighted by atomic mass is 32.2. The minimum absolute atomic E-state index is 0.0397. The number of benzene rings is 2. The first kappa shape index (κ1) is 22.4. The summed E-state index contributed by atoms with van der Waals surface area (Å²) in [5, 5.41) is 12.7. The summed E-state index contributed by atoms with van der Waals surface area (Å²) in [5.41, 5.74) is 2.99. The predicted molar refractivity (Wildman–Crippen MR) is 128 cm³/mol. The van der Waals surface area contributed by atoms with E-state index < -0.39 is 0 Å². The Morgan fingerprint density at radius 2 is 1.84 bits per heavy atom. The number of amides is 1. The van der Waals surface area contributed by atoms with E-state index in [4.69, 9.17) is 4.74 Å². The first-order valence-corrected chi connectivity index (χ1v) is 12.2. The van der Waals surface area contributed by atoms with Crippen molar-refractivity contribution in [2.24, 2.45) is 5.92 Å². The van der Waals surface area contributed by atoms with Gasteiger partial charge in [-0.3, -0.25) is 9.36 Å². The van der Waals surface area contributed by atoms with E-state index in [-0.39, 0.29) is 5.91 Å². The summed E-state index contributed by atoms with van der Waals surface area (Å²) >= 11 is 1.41. The van der Waals surface area contributed by atoms with E-state index in [0.29, 0.717) is 22.7 Å². The van der Waals surface area contributed by atoms with Gasteiger partial charge < -0.3 is 10.1 Å². The predicted octanol–water partition coefficient (Wildman–Crippen LogP) is 5.04. The van der Waals surface area contributed by atoms with E-state index in [0.717, 1.165) is 23.5 Å². The Bertz CT molecular complexity index is 1040. The Morgan fingerprint density at radius 1 is 1.09 bits per heavy atom. The zero-order valence-electron chi connectivity index (χ0n) is 18.7. The first-order chi connectivity index (χ1) is 15.7. The van der Waals surface area contributed by atoms with Crippen LogP contribution in [-0.4, -0.2) is 40.1 Å². The average Bonchev–Trinajstić information content (AvgIpc) is 3.26. The molecule has 7 heteroatoms. The number of carbonyl (C=O) groups excluding carboxylic acids is 1. The maximum absolute atomic E-state index is 12.5.